The second-order valence-corrected chi connectivity index (χ2v) is 6.17. The number of hydrogen-bond donors (Lipinski definition) is 1. The number of rotatable bonds is 2. The molecule has 1 aliphatic rings. The Morgan fingerprint density at radius 2 is 2.33 bits per heavy atom. The summed E-state index contributed by atoms with van der Waals surface area (Å²) in [6, 6.07) is 9.80. The van der Waals surface area contributed by atoms with Crippen LogP contribution in [0.3, 0.4) is 0 Å². The molecule has 0 aliphatic carbocycles. The quantitative estimate of drug-likeness (QED) is 0.913. The molecule has 0 radical (unpaired) electrons. The number of carboxylic acid groups (broad SMARTS) is 1. The summed E-state index contributed by atoms with van der Waals surface area (Å²) in [5.41, 5.74) is 0.656. The molecule has 0 bridgehead atoms. The average molecular weight is 298 g/mol. The van der Waals surface area contributed by atoms with Gasteiger partial charge < -0.3 is 10.0 Å². The van der Waals surface area contributed by atoms with E-state index in [2.05, 4.69) is 6.07 Å². The third kappa shape index (κ3) is 2.76. The Balaban J connectivity index is 1.83. The summed E-state index contributed by atoms with van der Waals surface area (Å²) in [5, 5.41) is 19.1. The highest BCUT2D eigenvalue weighted by Crippen LogP contribution is 2.28. The summed E-state index contributed by atoms with van der Waals surface area (Å²) in [6.45, 7) is 0.613. The van der Waals surface area contributed by atoms with E-state index in [4.69, 9.17) is 10.4 Å². The molecule has 1 saturated heterocycles. The lowest BCUT2D eigenvalue weighted by Crippen LogP contribution is -2.32. The van der Waals surface area contributed by atoms with Crippen LogP contribution in [0.5, 0.6) is 0 Å². The molecule has 1 amide bonds. The van der Waals surface area contributed by atoms with Gasteiger partial charge in [-0.2, -0.15) is 5.26 Å². The summed E-state index contributed by atoms with van der Waals surface area (Å²) in [6.07, 6.45) is 4.91. The Hall–Kier alpha value is -2.32. The fourth-order valence-corrected chi connectivity index (χ4v) is 3.61. The van der Waals surface area contributed by atoms with Crippen LogP contribution in [-0.2, 0) is 0 Å². The van der Waals surface area contributed by atoms with Crippen LogP contribution >= 0.6 is 11.3 Å². The van der Waals surface area contributed by atoms with Gasteiger partial charge in [0.05, 0.1) is 17.7 Å². The van der Waals surface area contributed by atoms with Crippen molar-refractivity contribution < 1.29 is 9.90 Å². The Kier molecular flexibility index (Phi) is 3.63. The van der Waals surface area contributed by atoms with Gasteiger partial charge in [-0.3, -0.25) is 0 Å². The van der Waals surface area contributed by atoms with Crippen molar-refractivity contribution in [2.45, 2.75) is 18.9 Å². The van der Waals surface area contributed by atoms with E-state index in [1.54, 1.807) is 11.3 Å². The number of amides is 1. The number of thiophene rings is 1. The van der Waals surface area contributed by atoms with Crippen LogP contribution in [0, 0.1) is 11.3 Å². The molecule has 1 atom stereocenters. The fraction of sp³-hybridized carbons (Fsp3) is 0.250. The minimum absolute atomic E-state index is 0.0256. The maximum absolute atomic E-state index is 11.1. The van der Waals surface area contributed by atoms with Crippen LogP contribution in [-0.4, -0.2) is 28.7 Å². The number of fused-ring (bicyclic) bond motifs is 1. The molecule has 0 spiro atoms. The highest BCUT2D eigenvalue weighted by atomic mass is 32.1. The molecular formula is C16H14N2O2S. The maximum Gasteiger partial charge on any atom is 0.407 e. The second kappa shape index (κ2) is 5.58. The predicted octanol–water partition coefficient (Wildman–Crippen LogP) is 3.93. The second-order valence-electron chi connectivity index (χ2n) is 5.06. The van der Waals surface area contributed by atoms with Gasteiger partial charge in [0.1, 0.15) is 0 Å². The lowest BCUT2D eigenvalue weighted by Gasteiger charge is -2.17. The molecule has 2 aromatic rings. The van der Waals surface area contributed by atoms with E-state index in [1.165, 1.54) is 4.90 Å². The van der Waals surface area contributed by atoms with Crippen molar-refractivity contribution in [1.82, 2.24) is 4.90 Å². The molecule has 3 rings (SSSR count). The molecule has 5 heteroatoms. The van der Waals surface area contributed by atoms with Gasteiger partial charge in [0, 0.05) is 16.1 Å². The van der Waals surface area contributed by atoms with Gasteiger partial charge >= 0.3 is 6.09 Å². The summed E-state index contributed by atoms with van der Waals surface area (Å²) >= 11 is 1.65. The van der Waals surface area contributed by atoms with Crippen molar-refractivity contribution >= 4 is 33.6 Å². The van der Waals surface area contributed by atoms with Crippen LogP contribution in [0.15, 0.2) is 30.3 Å². The van der Waals surface area contributed by atoms with E-state index >= 15 is 0 Å². The Bertz CT molecular complexity index is 757. The maximum atomic E-state index is 11.1. The standard InChI is InChI=1S/C16H14N2O2S/c17-10-11-3-6-15-12(8-11)9-14(21-15)5-4-13-2-1-7-18(13)16(19)20/h3-6,8-9,13H,1-2,7H2,(H,19,20)/t13-/m0/s1. The minimum Gasteiger partial charge on any atom is -0.465 e. The van der Waals surface area contributed by atoms with Crippen LogP contribution in [0.1, 0.15) is 23.3 Å². The topological polar surface area (TPSA) is 64.3 Å². The van der Waals surface area contributed by atoms with Crippen molar-refractivity contribution in [3.8, 4) is 6.07 Å². The summed E-state index contributed by atoms with van der Waals surface area (Å²) in [7, 11) is 0. The van der Waals surface area contributed by atoms with Crippen molar-refractivity contribution in [3.05, 3.63) is 40.8 Å². The van der Waals surface area contributed by atoms with Crippen molar-refractivity contribution in [2.75, 3.05) is 6.54 Å². The molecule has 1 fully saturated rings. The summed E-state index contributed by atoms with van der Waals surface area (Å²) < 4.78 is 1.13. The van der Waals surface area contributed by atoms with E-state index in [0.29, 0.717) is 12.1 Å². The van der Waals surface area contributed by atoms with Gasteiger partial charge in [-0.05, 0) is 48.6 Å². The van der Waals surface area contributed by atoms with Gasteiger partial charge in [0.2, 0.25) is 0 Å². The van der Waals surface area contributed by atoms with Gasteiger partial charge in [-0.25, -0.2) is 4.79 Å². The van der Waals surface area contributed by atoms with E-state index in [-0.39, 0.29) is 6.04 Å². The van der Waals surface area contributed by atoms with E-state index in [0.717, 1.165) is 27.8 Å². The lowest BCUT2D eigenvalue weighted by molar-refractivity contribution is 0.147. The zero-order valence-electron chi connectivity index (χ0n) is 11.3. The molecule has 1 aliphatic heterocycles. The summed E-state index contributed by atoms with van der Waals surface area (Å²) in [4.78, 5) is 13.7. The van der Waals surface area contributed by atoms with E-state index in [1.807, 2.05) is 36.4 Å². The smallest absolute Gasteiger partial charge is 0.407 e. The Morgan fingerprint density at radius 3 is 3.10 bits per heavy atom. The Labute approximate surface area is 126 Å². The number of nitrogens with zero attached hydrogens (tertiary/aromatic N) is 2. The van der Waals surface area contributed by atoms with Crippen LogP contribution < -0.4 is 0 Å². The molecule has 1 N–H and O–H groups in total. The SMILES string of the molecule is N#Cc1ccc2sc(C=C[C@@H]3CCCN3C(=O)O)cc2c1. The fourth-order valence-electron chi connectivity index (χ4n) is 2.65. The number of nitriles is 1. The number of carbonyl (C=O) groups is 1. The molecule has 1 aromatic heterocycles. The van der Waals surface area contributed by atoms with E-state index in [9.17, 15) is 4.79 Å². The number of hydrogen-bond acceptors (Lipinski definition) is 3. The van der Waals surface area contributed by atoms with Gasteiger partial charge in [-0.15, -0.1) is 11.3 Å². The van der Waals surface area contributed by atoms with Crippen LogP contribution in [0.2, 0.25) is 0 Å². The van der Waals surface area contributed by atoms with Gasteiger partial charge in [-0.1, -0.05) is 6.08 Å². The van der Waals surface area contributed by atoms with Gasteiger partial charge in [0.15, 0.2) is 0 Å². The van der Waals surface area contributed by atoms with Crippen molar-refractivity contribution in [3.63, 3.8) is 0 Å². The molecule has 4 nitrogen and oxygen atoms in total. The van der Waals surface area contributed by atoms with Gasteiger partial charge in [0.25, 0.3) is 0 Å². The first-order chi connectivity index (χ1) is 10.2. The number of benzene rings is 1. The molecule has 21 heavy (non-hydrogen) atoms. The number of likely N-dealkylation sites (tertiary alicyclic amines) is 1. The van der Waals surface area contributed by atoms with Crippen LogP contribution in [0.25, 0.3) is 16.2 Å². The first kappa shape index (κ1) is 13.7. The monoisotopic (exact) mass is 298 g/mol. The van der Waals surface area contributed by atoms with Crippen molar-refractivity contribution in [2.24, 2.45) is 0 Å². The normalized spacial score (nSPS) is 18.4. The first-order valence-electron chi connectivity index (χ1n) is 6.79. The van der Waals surface area contributed by atoms with E-state index < -0.39 is 6.09 Å². The molecule has 0 unspecified atom stereocenters. The molecule has 0 saturated carbocycles. The van der Waals surface area contributed by atoms with Crippen molar-refractivity contribution in [1.29, 1.82) is 5.26 Å². The highest BCUT2D eigenvalue weighted by molar-refractivity contribution is 7.19. The zero-order chi connectivity index (χ0) is 14.8. The zero-order valence-corrected chi connectivity index (χ0v) is 12.1. The lowest BCUT2D eigenvalue weighted by atomic mass is 10.1. The highest BCUT2D eigenvalue weighted by Gasteiger charge is 2.26. The average Bonchev–Trinajstić information content (AvgIpc) is 3.10. The molecular weight excluding hydrogens is 284 g/mol. The largest absolute Gasteiger partial charge is 0.465 e. The summed E-state index contributed by atoms with van der Waals surface area (Å²) in [5.74, 6) is 0. The third-order valence-electron chi connectivity index (χ3n) is 3.69. The minimum atomic E-state index is -0.850. The third-order valence-corrected chi connectivity index (χ3v) is 4.77. The Morgan fingerprint density at radius 1 is 1.48 bits per heavy atom. The molecule has 2 heterocycles. The first-order valence-corrected chi connectivity index (χ1v) is 7.60. The predicted molar refractivity (Wildman–Crippen MR) is 83.3 cm³/mol. The molecule has 106 valence electrons. The van der Waals surface area contributed by atoms with Crippen LogP contribution in [0.4, 0.5) is 4.79 Å². The molecule has 1 aromatic carbocycles.